The zero-order valence-electron chi connectivity index (χ0n) is 16.7. The number of hydrogen-bond acceptors (Lipinski definition) is 6. The zero-order valence-corrected chi connectivity index (χ0v) is 17.4. The van der Waals surface area contributed by atoms with E-state index in [1.165, 1.54) is 6.07 Å². The van der Waals surface area contributed by atoms with Gasteiger partial charge < -0.3 is 14.2 Å². The number of nitrogens with zero attached hydrogens (tertiary/aromatic N) is 6. The van der Waals surface area contributed by atoms with Crippen LogP contribution in [0.4, 0.5) is 10.2 Å². The lowest BCUT2D eigenvalue weighted by atomic mass is 10.2. The van der Waals surface area contributed by atoms with E-state index in [2.05, 4.69) is 29.3 Å². The first-order chi connectivity index (χ1) is 14.7. The van der Waals surface area contributed by atoms with Gasteiger partial charge in [-0.25, -0.2) is 19.3 Å². The molecule has 0 spiro atoms. The Balaban J connectivity index is 1.28. The lowest BCUT2D eigenvalue weighted by Crippen LogP contribution is -2.46. The summed E-state index contributed by atoms with van der Waals surface area (Å²) in [4.78, 5) is 18.0. The van der Waals surface area contributed by atoms with Crippen molar-refractivity contribution in [2.45, 2.75) is 32.0 Å². The SMILES string of the molecule is Fc1cccc(Cl)c1CN1CCN(c2ncnc3c2ncn3CC2CCCO2)CC1. The number of anilines is 1. The Morgan fingerprint density at radius 1 is 1.13 bits per heavy atom. The van der Waals surface area contributed by atoms with E-state index in [4.69, 9.17) is 16.3 Å². The average molecular weight is 431 g/mol. The minimum Gasteiger partial charge on any atom is -0.376 e. The minimum absolute atomic E-state index is 0.231. The Labute approximate surface area is 179 Å². The molecule has 5 rings (SSSR count). The molecule has 0 amide bonds. The summed E-state index contributed by atoms with van der Waals surface area (Å²) < 4.78 is 21.9. The molecular formula is C21H24ClFN6O. The number of benzene rings is 1. The number of imidazole rings is 1. The molecule has 2 fully saturated rings. The van der Waals surface area contributed by atoms with Gasteiger partial charge in [-0.05, 0) is 25.0 Å². The first-order valence-electron chi connectivity index (χ1n) is 10.4. The van der Waals surface area contributed by atoms with Gasteiger partial charge in [0.25, 0.3) is 0 Å². The number of rotatable bonds is 5. The third-order valence-electron chi connectivity index (χ3n) is 5.92. The number of aromatic nitrogens is 4. The summed E-state index contributed by atoms with van der Waals surface area (Å²) in [6.45, 7) is 5.28. The van der Waals surface area contributed by atoms with Crippen LogP contribution in [-0.4, -0.2) is 63.3 Å². The van der Waals surface area contributed by atoms with Gasteiger partial charge in [-0.1, -0.05) is 17.7 Å². The quantitative estimate of drug-likeness (QED) is 0.620. The van der Waals surface area contributed by atoms with E-state index in [0.717, 1.165) is 69.2 Å². The average Bonchev–Trinajstić information content (AvgIpc) is 3.42. The Hall–Kier alpha value is -2.29. The summed E-state index contributed by atoms with van der Waals surface area (Å²) >= 11 is 6.19. The van der Waals surface area contributed by atoms with Gasteiger partial charge in [-0.2, -0.15) is 0 Å². The summed E-state index contributed by atoms with van der Waals surface area (Å²) in [6.07, 6.45) is 5.86. The van der Waals surface area contributed by atoms with Crippen LogP contribution in [0.25, 0.3) is 11.2 Å². The molecule has 0 aliphatic carbocycles. The van der Waals surface area contributed by atoms with Crippen LogP contribution >= 0.6 is 11.6 Å². The van der Waals surface area contributed by atoms with Crippen LogP contribution in [0.2, 0.25) is 5.02 Å². The van der Waals surface area contributed by atoms with Gasteiger partial charge in [0.2, 0.25) is 0 Å². The standard InChI is InChI=1S/C21H24ClFN6O/c22-17-4-1-5-18(23)16(17)12-27-6-8-28(9-7-27)20-19-21(25-13-24-20)29(14-26-19)11-15-3-2-10-30-15/h1,4-5,13-15H,2-3,6-12H2. The van der Waals surface area contributed by atoms with Crippen LogP contribution in [0.1, 0.15) is 18.4 Å². The fourth-order valence-corrected chi connectivity index (χ4v) is 4.49. The molecule has 1 atom stereocenters. The van der Waals surface area contributed by atoms with E-state index in [1.807, 2.05) is 6.33 Å². The Bertz CT molecular complexity index is 1010. The fraction of sp³-hybridized carbons (Fsp3) is 0.476. The summed E-state index contributed by atoms with van der Waals surface area (Å²) in [5.74, 6) is 0.605. The van der Waals surface area contributed by atoms with Crippen LogP contribution in [0, 0.1) is 5.82 Å². The highest BCUT2D eigenvalue weighted by atomic mass is 35.5. The van der Waals surface area contributed by atoms with Crippen LogP contribution in [0.5, 0.6) is 0 Å². The van der Waals surface area contributed by atoms with Crippen LogP contribution in [-0.2, 0) is 17.8 Å². The maximum atomic E-state index is 14.1. The monoisotopic (exact) mass is 430 g/mol. The van der Waals surface area contributed by atoms with Crippen molar-refractivity contribution in [3.8, 4) is 0 Å². The van der Waals surface area contributed by atoms with Gasteiger partial charge in [-0.3, -0.25) is 4.90 Å². The first kappa shape index (κ1) is 19.7. The molecule has 1 aromatic carbocycles. The van der Waals surface area contributed by atoms with Gasteiger partial charge in [0.05, 0.1) is 19.0 Å². The smallest absolute Gasteiger partial charge is 0.165 e. The van der Waals surface area contributed by atoms with Crippen LogP contribution < -0.4 is 4.90 Å². The van der Waals surface area contributed by atoms with E-state index in [-0.39, 0.29) is 11.9 Å². The molecule has 2 saturated heterocycles. The molecule has 0 radical (unpaired) electrons. The maximum Gasteiger partial charge on any atom is 0.165 e. The Morgan fingerprint density at radius 3 is 2.77 bits per heavy atom. The van der Waals surface area contributed by atoms with E-state index in [1.54, 1.807) is 18.5 Å². The molecule has 9 heteroatoms. The van der Waals surface area contributed by atoms with E-state index in [0.29, 0.717) is 17.1 Å². The van der Waals surface area contributed by atoms with E-state index in [9.17, 15) is 4.39 Å². The van der Waals surface area contributed by atoms with Crippen molar-refractivity contribution in [1.29, 1.82) is 0 Å². The highest BCUT2D eigenvalue weighted by molar-refractivity contribution is 6.31. The van der Waals surface area contributed by atoms with Crippen molar-refractivity contribution in [1.82, 2.24) is 24.4 Å². The molecule has 4 heterocycles. The summed E-state index contributed by atoms with van der Waals surface area (Å²) in [7, 11) is 0. The van der Waals surface area contributed by atoms with Crippen molar-refractivity contribution < 1.29 is 9.13 Å². The summed E-state index contributed by atoms with van der Waals surface area (Å²) in [6, 6.07) is 4.83. The maximum absolute atomic E-state index is 14.1. The molecule has 0 N–H and O–H groups in total. The predicted molar refractivity (Wildman–Crippen MR) is 113 cm³/mol. The van der Waals surface area contributed by atoms with Gasteiger partial charge in [0.15, 0.2) is 17.0 Å². The molecule has 158 valence electrons. The van der Waals surface area contributed by atoms with E-state index < -0.39 is 0 Å². The van der Waals surface area contributed by atoms with Crippen molar-refractivity contribution in [2.75, 3.05) is 37.7 Å². The van der Waals surface area contributed by atoms with Crippen molar-refractivity contribution >= 4 is 28.6 Å². The first-order valence-corrected chi connectivity index (χ1v) is 10.7. The number of hydrogen-bond donors (Lipinski definition) is 0. The van der Waals surface area contributed by atoms with Crippen molar-refractivity contribution in [3.63, 3.8) is 0 Å². The van der Waals surface area contributed by atoms with Gasteiger partial charge >= 0.3 is 0 Å². The molecular weight excluding hydrogens is 407 g/mol. The third kappa shape index (κ3) is 3.87. The summed E-state index contributed by atoms with van der Waals surface area (Å²) in [5, 5.41) is 0.478. The highest BCUT2D eigenvalue weighted by Crippen LogP contribution is 2.26. The van der Waals surface area contributed by atoms with Gasteiger partial charge in [0, 0.05) is 49.9 Å². The second-order valence-electron chi connectivity index (χ2n) is 7.86. The van der Waals surface area contributed by atoms with Crippen LogP contribution in [0.3, 0.4) is 0 Å². The molecule has 7 nitrogen and oxygen atoms in total. The number of piperazine rings is 1. The topological polar surface area (TPSA) is 59.3 Å². The fourth-order valence-electron chi connectivity index (χ4n) is 4.27. The lowest BCUT2D eigenvalue weighted by molar-refractivity contribution is 0.0978. The lowest BCUT2D eigenvalue weighted by Gasteiger charge is -2.35. The zero-order chi connectivity index (χ0) is 20.5. The second kappa shape index (κ2) is 8.45. The molecule has 2 aliphatic heterocycles. The van der Waals surface area contributed by atoms with E-state index >= 15 is 0 Å². The minimum atomic E-state index is -0.251. The Morgan fingerprint density at radius 2 is 2.00 bits per heavy atom. The molecule has 2 aliphatic rings. The number of halogens is 2. The number of fused-ring (bicyclic) bond motifs is 1. The Kier molecular flexibility index (Phi) is 5.54. The molecule has 2 aromatic heterocycles. The third-order valence-corrected chi connectivity index (χ3v) is 6.28. The number of ether oxygens (including phenoxy) is 1. The molecule has 0 bridgehead atoms. The highest BCUT2D eigenvalue weighted by Gasteiger charge is 2.24. The molecule has 3 aromatic rings. The molecule has 1 unspecified atom stereocenters. The van der Waals surface area contributed by atoms with Gasteiger partial charge in [0.1, 0.15) is 12.1 Å². The van der Waals surface area contributed by atoms with Gasteiger partial charge in [-0.15, -0.1) is 0 Å². The van der Waals surface area contributed by atoms with Crippen LogP contribution in [0.15, 0.2) is 30.9 Å². The van der Waals surface area contributed by atoms with Crippen molar-refractivity contribution in [2.24, 2.45) is 0 Å². The largest absolute Gasteiger partial charge is 0.376 e. The second-order valence-corrected chi connectivity index (χ2v) is 8.27. The predicted octanol–water partition coefficient (Wildman–Crippen LogP) is 3.12. The summed E-state index contributed by atoms with van der Waals surface area (Å²) in [5.41, 5.74) is 2.22. The van der Waals surface area contributed by atoms with Crippen molar-refractivity contribution in [3.05, 3.63) is 47.3 Å². The normalized spacial score (nSPS) is 20.3. The molecule has 0 saturated carbocycles. The molecule has 30 heavy (non-hydrogen) atoms.